The van der Waals surface area contributed by atoms with E-state index in [1.165, 1.54) is 0 Å². The number of rotatable bonds is 7. The van der Waals surface area contributed by atoms with Gasteiger partial charge in [-0.1, -0.05) is 55.5 Å². The summed E-state index contributed by atoms with van der Waals surface area (Å²) in [7, 11) is 0. The smallest absolute Gasteiger partial charge is 0.410 e. The highest BCUT2D eigenvalue weighted by molar-refractivity contribution is 5.70. The maximum absolute atomic E-state index is 13.4. The molecule has 3 atom stereocenters. The standard InChI is InChI=1S/C30H38N2O4/c1-6-31-20-25(14-15-26(31)33)24-12-10-23(11-13-24)22(2)32-19-18-30(36-27(32)34,21-28(3,4)35)29(5)16-8-7-9-17-29/h7-16,20,22,35H,6,17-19,21H2,1-5H3/t22-,29?,30-/m0/s1. The molecule has 1 fully saturated rings. The Hall–Kier alpha value is -3.12. The van der Waals surface area contributed by atoms with Crippen molar-refractivity contribution in [2.24, 2.45) is 5.41 Å². The van der Waals surface area contributed by atoms with Crippen LogP contribution < -0.4 is 5.56 Å². The SMILES string of the molecule is CCn1cc(-c2ccc([C@H](C)N3CC[C@](CC(C)(C)O)(C4(C)C=CC=CC4)OC3=O)cc2)ccc1=O. The molecule has 1 N–H and O–H groups in total. The van der Waals surface area contributed by atoms with Crippen molar-refractivity contribution in [3.8, 4) is 11.1 Å². The van der Waals surface area contributed by atoms with Gasteiger partial charge in [-0.15, -0.1) is 0 Å². The molecule has 0 radical (unpaired) electrons. The number of hydrogen-bond acceptors (Lipinski definition) is 4. The zero-order valence-corrected chi connectivity index (χ0v) is 22.0. The molecule has 2 aromatic rings. The molecule has 2 heterocycles. The van der Waals surface area contributed by atoms with Crippen LogP contribution >= 0.6 is 0 Å². The molecule has 1 aromatic carbocycles. The van der Waals surface area contributed by atoms with Crippen LogP contribution in [0.1, 0.15) is 65.5 Å². The number of carbonyl (C=O) groups is 1. The van der Waals surface area contributed by atoms with Gasteiger partial charge in [0.15, 0.2) is 0 Å². The number of amides is 1. The normalized spacial score (nSPS) is 25.1. The maximum Gasteiger partial charge on any atom is 0.410 e. The van der Waals surface area contributed by atoms with Crippen LogP contribution in [0.3, 0.4) is 0 Å². The van der Waals surface area contributed by atoms with Gasteiger partial charge in [0, 0.05) is 43.6 Å². The molecule has 0 saturated carbocycles. The molecule has 2 aliphatic rings. The van der Waals surface area contributed by atoms with E-state index in [-0.39, 0.29) is 23.1 Å². The van der Waals surface area contributed by atoms with E-state index < -0.39 is 11.2 Å². The van der Waals surface area contributed by atoms with Gasteiger partial charge >= 0.3 is 6.09 Å². The fourth-order valence-corrected chi connectivity index (χ4v) is 5.60. The molecule has 36 heavy (non-hydrogen) atoms. The maximum atomic E-state index is 13.4. The first-order valence-electron chi connectivity index (χ1n) is 12.8. The van der Waals surface area contributed by atoms with Gasteiger partial charge in [-0.2, -0.15) is 0 Å². The van der Waals surface area contributed by atoms with Gasteiger partial charge in [-0.3, -0.25) is 4.79 Å². The van der Waals surface area contributed by atoms with Crippen LogP contribution in [0.2, 0.25) is 0 Å². The van der Waals surface area contributed by atoms with Gasteiger partial charge in [0.25, 0.3) is 5.56 Å². The molecular formula is C30H38N2O4. The Morgan fingerprint density at radius 1 is 1.08 bits per heavy atom. The monoisotopic (exact) mass is 490 g/mol. The van der Waals surface area contributed by atoms with Gasteiger partial charge in [0.1, 0.15) is 5.60 Å². The van der Waals surface area contributed by atoms with E-state index in [0.717, 1.165) is 23.1 Å². The van der Waals surface area contributed by atoms with Gasteiger partial charge < -0.3 is 19.3 Å². The van der Waals surface area contributed by atoms with E-state index in [1.807, 2.05) is 62.5 Å². The second-order valence-electron chi connectivity index (χ2n) is 11.0. The lowest BCUT2D eigenvalue weighted by Crippen LogP contribution is -2.59. The van der Waals surface area contributed by atoms with E-state index in [1.54, 1.807) is 29.4 Å². The van der Waals surface area contributed by atoms with Crippen LogP contribution in [-0.4, -0.2) is 38.4 Å². The van der Waals surface area contributed by atoms with Crippen LogP contribution in [0.4, 0.5) is 4.79 Å². The number of carbonyl (C=O) groups excluding carboxylic acids is 1. The highest BCUT2D eigenvalue weighted by Gasteiger charge is 2.55. The van der Waals surface area contributed by atoms with E-state index in [4.69, 9.17) is 4.74 Å². The van der Waals surface area contributed by atoms with E-state index >= 15 is 0 Å². The summed E-state index contributed by atoms with van der Waals surface area (Å²) in [6, 6.07) is 11.4. The van der Waals surface area contributed by atoms with Crippen molar-refractivity contribution in [1.29, 1.82) is 0 Å². The number of nitrogens with zero attached hydrogens (tertiary/aromatic N) is 2. The lowest BCUT2D eigenvalue weighted by atomic mass is 9.63. The van der Waals surface area contributed by atoms with Crippen LogP contribution in [0.25, 0.3) is 11.1 Å². The fraction of sp³-hybridized carbons (Fsp3) is 0.467. The van der Waals surface area contributed by atoms with Crippen molar-refractivity contribution < 1.29 is 14.6 Å². The number of aryl methyl sites for hydroxylation is 1. The highest BCUT2D eigenvalue weighted by Crippen LogP contribution is 2.50. The molecule has 192 valence electrons. The number of aromatic nitrogens is 1. The Labute approximate surface area is 213 Å². The second-order valence-corrected chi connectivity index (χ2v) is 11.0. The van der Waals surface area contributed by atoms with Crippen molar-refractivity contribution in [3.05, 3.63) is 82.8 Å². The molecule has 1 aliphatic heterocycles. The number of allylic oxidation sites excluding steroid dienone is 3. The Morgan fingerprint density at radius 3 is 2.36 bits per heavy atom. The van der Waals surface area contributed by atoms with Crippen molar-refractivity contribution in [3.63, 3.8) is 0 Å². The van der Waals surface area contributed by atoms with Crippen molar-refractivity contribution in [2.75, 3.05) is 6.54 Å². The predicted molar refractivity (Wildman–Crippen MR) is 143 cm³/mol. The van der Waals surface area contributed by atoms with E-state index in [0.29, 0.717) is 25.9 Å². The van der Waals surface area contributed by atoms with Crippen molar-refractivity contribution in [1.82, 2.24) is 9.47 Å². The van der Waals surface area contributed by atoms with Crippen molar-refractivity contribution in [2.45, 2.75) is 77.7 Å². The second kappa shape index (κ2) is 9.74. The quantitative estimate of drug-likeness (QED) is 0.528. The molecule has 1 saturated heterocycles. The Bertz CT molecular complexity index is 1220. The fourth-order valence-electron chi connectivity index (χ4n) is 5.60. The lowest BCUT2D eigenvalue weighted by molar-refractivity contribution is -0.144. The Morgan fingerprint density at radius 2 is 1.78 bits per heavy atom. The molecule has 6 heteroatoms. The van der Waals surface area contributed by atoms with Crippen LogP contribution in [-0.2, 0) is 11.3 Å². The summed E-state index contributed by atoms with van der Waals surface area (Å²) in [4.78, 5) is 27.1. The minimum absolute atomic E-state index is 0.00985. The third kappa shape index (κ3) is 5.05. The summed E-state index contributed by atoms with van der Waals surface area (Å²) in [5.41, 5.74) is 0.860. The van der Waals surface area contributed by atoms with E-state index in [2.05, 4.69) is 19.1 Å². The summed E-state index contributed by atoms with van der Waals surface area (Å²) < 4.78 is 7.97. The number of aliphatic hydroxyl groups is 1. The largest absolute Gasteiger partial charge is 0.442 e. The minimum Gasteiger partial charge on any atom is -0.442 e. The number of ether oxygens (including phenoxy) is 1. The summed E-state index contributed by atoms with van der Waals surface area (Å²) >= 11 is 0. The summed E-state index contributed by atoms with van der Waals surface area (Å²) in [6.45, 7) is 10.8. The minimum atomic E-state index is -0.970. The average molecular weight is 491 g/mol. The zero-order valence-electron chi connectivity index (χ0n) is 22.0. The van der Waals surface area contributed by atoms with Gasteiger partial charge in [0.05, 0.1) is 11.6 Å². The molecule has 0 spiro atoms. The van der Waals surface area contributed by atoms with Crippen LogP contribution in [0.15, 0.2) is 71.7 Å². The van der Waals surface area contributed by atoms with Gasteiger partial charge in [-0.25, -0.2) is 4.79 Å². The first kappa shape index (κ1) is 26.0. The molecular weight excluding hydrogens is 452 g/mol. The average Bonchev–Trinajstić information content (AvgIpc) is 2.83. The predicted octanol–water partition coefficient (Wildman–Crippen LogP) is 5.86. The Kier molecular flexibility index (Phi) is 7.02. The summed E-state index contributed by atoms with van der Waals surface area (Å²) in [5.74, 6) is 0. The van der Waals surface area contributed by atoms with Gasteiger partial charge in [0.2, 0.25) is 0 Å². The number of hydrogen-bond donors (Lipinski definition) is 1. The first-order chi connectivity index (χ1) is 17.0. The zero-order chi connectivity index (χ0) is 26.1. The number of benzene rings is 1. The molecule has 0 bridgehead atoms. The van der Waals surface area contributed by atoms with Crippen LogP contribution in [0, 0.1) is 5.41 Å². The Balaban J connectivity index is 1.54. The molecule has 1 aromatic heterocycles. The lowest BCUT2D eigenvalue weighted by Gasteiger charge is -2.53. The van der Waals surface area contributed by atoms with Crippen LogP contribution in [0.5, 0.6) is 0 Å². The number of cyclic esters (lactones) is 1. The molecule has 1 aliphatic carbocycles. The highest BCUT2D eigenvalue weighted by atomic mass is 16.6. The molecule has 6 nitrogen and oxygen atoms in total. The van der Waals surface area contributed by atoms with E-state index in [9.17, 15) is 14.7 Å². The molecule has 1 amide bonds. The third-order valence-corrected chi connectivity index (χ3v) is 7.80. The first-order valence-corrected chi connectivity index (χ1v) is 12.8. The number of pyridine rings is 1. The topological polar surface area (TPSA) is 71.8 Å². The molecule has 1 unspecified atom stereocenters. The van der Waals surface area contributed by atoms with Crippen molar-refractivity contribution >= 4 is 6.09 Å². The van der Waals surface area contributed by atoms with Gasteiger partial charge in [-0.05, 0) is 56.9 Å². The summed E-state index contributed by atoms with van der Waals surface area (Å²) in [5, 5.41) is 10.7. The summed E-state index contributed by atoms with van der Waals surface area (Å²) in [6.07, 6.45) is 11.5. The third-order valence-electron chi connectivity index (χ3n) is 7.80. The molecule has 4 rings (SSSR count).